The predicted octanol–water partition coefficient (Wildman–Crippen LogP) is 4.86. The van der Waals surface area contributed by atoms with E-state index in [2.05, 4.69) is 30.5 Å². The fourth-order valence-electron chi connectivity index (χ4n) is 2.31. The van der Waals surface area contributed by atoms with Crippen LogP contribution in [0.4, 0.5) is 0 Å². The summed E-state index contributed by atoms with van der Waals surface area (Å²) in [7, 11) is 0. The molecule has 0 saturated heterocycles. The molecule has 2 aromatic rings. The van der Waals surface area contributed by atoms with Crippen LogP contribution in [-0.2, 0) is 6.42 Å². The van der Waals surface area contributed by atoms with E-state index in [1.165, 1.54) is 10.5 Å². The summed E-state index contributed by atoms with van der Waals surface area (Å²) < 4.78 is 0. The highest BCUT2D eigenvalue weighted by Gasteiger charge is 2.28. The van der Waals surface area contributed by atoms with Crippen molar-refractivity contribution >= 4 is 17.5 Å². The molecule has 0 aromatic heterocycles. The number of carbonyl (C=O) groups is 1. The highest BCUT2D eigenvalue weighted by molar-refractivity contribution is 7.98. The molecule has 20 heavy (non-hydrogen) atoms. The second-order valence-electron chi connectivity index (χ2n) is 5.60. The average molecular weight is 284 g/mol. The summed E-state index contributed by atoms with van der Waals surface area (Å²) in [5.41, 5.74) is 1.61. The van der Waals surface area contributed by atoms with Crippen LogP contribution in [0.3, 0.4) is 0 Å². The number of thioether (sulfide) groups is 1. The minimum absolute atomic E-state index is 0.201. The fraction of sp³-hybridized carbons (Fsp3) is 0.278. The second kappa shape index (κ2) is 6.27. The van der Waals surface area contributed by atoms with E-state index >= 15 is 0 Å². The van der Waals surface area contributed by atoms with Crippen molar-refractivity contribution in [2.24, 2.45) is 5.41 Å². The van der Waals surface area contributed by atoms with Crippen molar-refractivity contribution in [3.05, 3.63) is 65.7 Å². The largest absolute Gasteiger partial charge is 0.294 e. The van der Waals surface area contributed by atoms with E-state index in [1.807, 2.05) is 44.2 Å². The van der Waals surface area contributed by atoms with Gasteiger partial charge in [0, 0.05) is 15.9 Å². The molecule has 0 aliphatic heterocycles. The summed E-state index contributed by atoms with van der Waals surface area (Å²) in [6.07, 6.45) is 2.83. The lowest BCUT2D eigenvalue weighted by molar-refractivity contribution is 0.0837. The van der Waals surface area contributed by atoms with E-state index in [0.717, 1.165) is 12.0 Å². The molecule has 0 bridgehead atoms. The number of benzene rings is 2. The summed E-state index contributed by atoms with van der Waals surface area (Å²) in [5, 5.41) is 0. The number of carbonyl (C=O) groups excluding carboxylic acids is 1. The summed E-state index contributed by atoms with van der Waals surface area (Å²) in [6, 6.07) is 18.0. The van der Waals surface area contributed by atoms with Gasteiger partial charge in [-0.05, 0) is 30.4 Å². The molecular weight excluding hydrogens is 264 g/mol. The minimum atomic E-state index is -0.387. The number of hydrogen-bond donors (Lipinski definition) is 0. The van der Waals surface area contributed by atoms with Gasteiger partial charge in [-0.2, -0.15) is 0 Å². The molecule has 0 atom stereocenters. The molecule has 104 valence electrons. The molecule has 0 spiro atoms. The summed E-state index contributed by atoms with van der Waals surface area (Å²) in [5.74, 6) is 0.201. The average Bonchev–Trinajstić information content (AvgIpc) is 2.48. The van der Waals surface area contributed by atoms with Crippen molar-refractivity contribution in [3.63, 3.8) is 0 Å². The minimum Gasteiger partial charge on any atom is -0.294 e. The Morgan fingerprint density at radius 2 is 1.60 bits per heavy atom. The maximum absolute atomic E-state index is 12.6. The molecule has 0 N–H and O–H groups in total. The Balaban J connectivity index is 2.15. The van der Waals surface area contributed by atoms with Crippen LogP contribution in [0, 0.1) is 5.41 Å². The van der Waals surface area contributed by atoms with Crippen molar-refractivity contribution in [1.82, 2.24) is 0 Å². The van der Waals surface area contributed by atoms with Crippen LogP contribution < -0.4 is 0 Å². The van der Waals surface area contributed by atoms with Gasteiger partial charge < -0.3 is 0 Å². The van der Waals surface area contributed by atoms with E-state index in [-0.39, 0.29) is 11.2 Å². The molecule has 0 unspecified atom stereocenters. The Bertz CT molecular complexity index is 570. The van der Waals surface area contributed by atoms with Crippen LogP contribution >= 0.6 is 11.8 Å². The van der Waals surface area contributed by atoms with Crippen LogP contribution in [0.5, 0.6) is 0 Å². The number of Topliss-reactive ketones (excluding diaryl/α,β-unsaturated/α-hetero) is 1. The van der Waals surface area contributed by atoms with Gasteiger partial charge in [0.25, 0.3) is 0 Å². The number of ketones is 1. The monoisotopic (exact) mass is 284 g/mol. The summed E-state index contributed by atoms with van der Waals surface area (Å²) in [4.78, 5) is 13.8. The molecule has 2 aromatic carbocycles. The van der Waals surface area contributed by atoms with Gasteiger partial charge in [0.1, 0.15) is 0 Å². The standard InChI is InChI=1S/C18H20OS/c1-18(2,17(19)15-7-5-4-6-8-15)13-14-9-11-16(20-3)12-10-14/h4-12H,13H2,1-3H3. The maximum Gasteiger partial charge on any atom is 0.168 e. The van der Waals surface area contributed by atoms with E-state index in [9.17, 15) is 4.79 Å². The lowest BCUT2D eigenvalue weighted by atomic mass is 9.79. The SMILES string of the molecule is CSc1ccc(CC(C)(C)C(=O)c2ccccc2)cc1. The lowest BCUT2D eigenvalue weighted by Gasteiger charge is -2.23. The zero-order valence-corrected chi connectivity index (χ0v) is 13.0. The van der Waals surface area contributed by atoms with Crippen molar-refractivity contribution < 1.29 is 4.79 Å². The van der Waals surface area contributed by atoms with Gasteiger partial charge in [-0.3, -0.25) is 4.79 Å². The van der Waals surface area contributed by atoms with Crippen molar-refractivity contribution in [1.29, 1.82) is 0 Å². The first-order chi connectivity index (χ1) is 9.53. The number of rotatable bonds is 5. The highest BCUT2D eigenvalue weighted by Crippen LogP contribution is 2.27. The first-order valence-electron chi connectivity index (χ1n) is 6.76. The first kappa shape index (κ1) is 14.9. The van der Waals surface area contributed by atoms with Gasteiger partial charge in [-0.1, -0.05) is 56.3 Å². The van der Waals surface area contributed by atoms with Gasteiger partial charge in [-0.15, -0.1) is 11.8 Å². The zero-order chi connectivity index (χ0) is 14.6. The Morgan fingerprint density at radius 1 is 1.00 bits per heavy atom. The quantitative estimate of drug-likeness (QED) is 0.576. The Labute approximate surface area is 125 Å². The Kier molecular flexibility index (Phi) is 4.66. The summed E-state index contributed by atoms with van der Waals surface area (Å²) in [6.45, 7) is 4.04. The Morgan fingerprint density at radius 3 is 2.15 bits per heavy atom. The molecule has 0 radical (unpaired) electrons. The third-order valence-electron chi connectivity index (χ3n) is 3.46. The molecule has 0 aliphatic rings. The maximum atomic E-state index is 12.6. The van der Waals surface area contributed by atoms with Crippen molar-refractivity contribution in [3.8, 4) is 0 Å². The zero-order valence-electron chi connectivity index (χ0n) is 12.2. The van der Waals surface area contributed by atoms with E-state index in [4.69, 9.17) is 0 Å². The Hall–Kier alpha value is -1.54. The third kappa shape index (κ3) is 3.51. The van der Waals surface area contributed by atoms with Crippen LogP contribution in [-0.4, -0.2) is 12.0 Å². The third-order valence-corrected chi connectivity index (χ3v) is 4.20. The highest BCUT2D eigenvalue weighted by atomic mass is 32.2. The van der Waals surface area contributed by atoms with Gasteiger partial charge in [-0.25, -0.2) is 0 Å². The molecule has 1 nitrogen and oxygen atoms in total. The van der Waals surface area contributed by atoms with E-state index in [1.54, 1.807) is 11.8 Å². The summed E-state index contributed by atoms with van der Waals surface area (Å²) >= 11 is 1.73. The molecule has 0 heterocycles. The predicted molar refractivity (Wildman–Crippen MR) is 86.5 cm³/mol. The van der Waals surface area contributed by atoms with Crippen molar-refractivity contribution in [2.45, 2.75) is 25.2 Å². The van der Waals surface area contributed by atoms with Gasteiger partial charge >= 0.3 is 0 Å². The topological polar surface area (TPSA) is 17.1 Å². The van der Waals surface area contributed by atoms with Crippen LogP contribution in [0.2, 0.25) is 0 Å². The second-order valence-corrected chi connectivity index (χ2v) is 6.48. The van der Waals surface area contributed by atoms with Crippen LogP contribution in [0.1, 0.15) is 29.8 Å². The van der Waals surface area contributed by atoms with E-state index < -0.39 is 0 Å². The smallest absolute Gasteiger partial charge is 0.168 e. The molecule has 2 rings (SSSR count). The first-order valence-corrected chi connectivity index (χ1v) is 7.98. The van der Waals surface area contributed by atoms with Crippen molar-refractivity contribution in [2.75, 3.05) is 6.26 Å². The van der Waals surface area contributed by atoms with Gasteiger partial charge in [0.05, 0.1) is 0 Å². The molecule has 0 fully saturated rings. The molecule has 0 amide bonds. The molecule has 0 saturated carbocycles. The normalized spacial score (nSPS) is 11.3. The fourth-order valence-corrected chi connectivity index (χ4v) is 2.72. The lowest BCUT2D eigenvalue weighted by Crippen LogP contribution is -2.26. The van der Waals surface area contributed by atoms with Crippen LogP contribution in [0.15, 0.2) is 59.5 Å². The molecular formula is C18H20OS. The van der Waals surface area contributed by atoms with Gasteiger partial charge in [0.2, 0.25) is 0 Å². The van der Waals surface area contributed by atoms with Crippen LogP contribution in [0.25, 0.3) is 0 Å². The molecule has 2 heteroatoms. The number of hydrogen-bond acceptors (Lipinski definition) is 2. The molecule has 0 aliphatic carbocycles. The van der Waals surface area contributed by atoms with E-state index in [0.29, 0.717) is 0 Å². The van der Waals surface area contributed by atoms with Gasteiger partial charge in [0.15, 0.2) is 5.78 Å².